The van der Waals surface area contributed by atoms with E-state index in [0.717, 1.165) is 17.2 Å². The minimum absolute atomic E-state index is 0.355. The Labute approximate surface area is 105 Å². The van der Waals surface area contributed by atoms with Crippen molar-refractivity contribution in [2.75, 3.05) is 12.4 Å². The standard InChI is InChI=1S/C12H16N4O2/c1-8-5-11(16(3)14-8)13-9-6-10(12(17)18-4)15(2)7-9/h5-7,13H,1-4H3. The van der Waals surface area contributed by atoms with Gasteiger partial charge in [-0.3, -0.25) is 4.68 Å². The van der Waals surface area contributed by atoms with Gasteiger partial charge in [-0.2, -0.15) is 5.10 Å². The summed E-state index contributed by atoms with van der Waals surface area (Å²) < 4.78 is 8.17. The van der Waals surface area contributed by atoms with Crippen molar-refractivity contribution >= 4 is 17.5 Å². The molecule has 2 aromatic rings. The summed E-state index contributed by atoms with van der Waals surface area (Å²) in [5, 5.41) is 7.45. The van der Waals surface area contributed by atoms with E-state index in [2.05, 4.69) is 10.4 Å². The Bertz CT molecular complexity index is 583. The highest BCUT2D eigenvalue weighted by Gasteiger charge is 2.12. The van der Waals surface area contributed by atoms with Gasteiger partial charge < -0.3 is 14.6 Å². The van der Waals surface area contributed by atoms with E-state index in [9.17, 15) is 4.79 Å². The van der Waals surface area contributed by atoms with Crippen LogP contribution in [0.3, 0.4) is 0 Å². The van der Waals surface area contributed by atoms with Gasteiger partial charge >= 0.3 is 5.97 Å². The molecule has 6 heteroatoms. The number of methoxy groups -OCH3 is 1. The van der Waals surface area contributed by atoms with E-state index in [1.807, 2.05) is 26.2 Å². The van der Waals surface area contributed by atoms with Crippen LogP contribution in [0.25, 0.3) is 0 Å². The number of esters is 1. The summed E-state index contributed by atoms with van der Waals surface area (Å²) in [6.45, 7) is 1.93. The van der Waals surface area contributed by atoms with Gasteiger partial charge in [-0.15, -0.1) is 0 Å². The maximum absolute atomic E-state index is 11.5. The molecule has 2 aromatic heterocycles. The molecule has 0 spiro atoms. The molecule has 2 heterocycles. The monoisotopic (exact) mass is 248 g/mol. The van der Waals surface area contributed by atoms with Crippen LogP contribution >= 0.6 is 0 Å². The van der Waals surface area contributed by atoms with Crippen molar-refractivity contribution in [2.45, 2.75) is 6.92 Å². The highest BCUT2D eigenvalue weighted by molar-refractivity contribution is 5.89. The van der Waals surface area contributed by atoms with Gasteiger partial charge in [0, 0.05) is 26.4 Å². The molecule has 0 radical (unpaired) electrons. The predicted molar refractivity (Wildman–Crippen MR) is 68.0 cm³/mol. The van der Waals surface area contributed by atoms with Crippen molar-refractivity contribution in [1.29, 1.82) is 0 Å². The molecule has 2 rings (SSSR count). The van der Waals surface area contributed by atoms with E-state index in [1.54, 1.807) is 22.4 Å². The lowest BCUT2D eigenvalue weighted by Gasteiger charge is -2.02. The van der Waals surface area contributed by atoms with Gasteiger partial charge in [0.25, 0.3) is 0 Å². The number of rotatable bonds is 3. The predicted octanol–water partition coefficient (Wildman–Crippen LogP) is 1.60. The summed E-state index contributed by atoms with van der Waals surface area (Å²) in [5.41, 5.74) is 2.25. The molecule has 0 aliphatic heterocycles. The molecular weight excluding hydrogens is 232 g/mol. The van der Waals surface area contributed by atoms with Crippen LogP contribution in [0, 0.1) is 6.92 Å². The number of hydrogen-bond acceptors (Lipinski definition) is 4. The van der Waals surface area contributed by atoms with Crippen LogP contribution in [0.4, 0.5) is 11.5 Å². The lowest BCUT2D eigenvalue weighted by molar-refractivity contribution is 0.0590. The van der Waals surface area contributed by atoms with Gasteiger partial charge in [0.2, 0.25) is 0 Å². The van der Waals surface area contributed by atoms with Crippen LogP contribution in [0.15, 0.2) is 18.3 Å². The Kier molecular flexibility index (Phi) is 3.10. The molecule has 6 nitrogen and oxygen atoms in total. The zero-order chi connectivity index (χ0) is 13.3. The van der Waals surface area contributed by atoms with Crippen molar-refractivity contribution < 1.29 is 9.53 Å². The minimum Gasteiger partial charge on any atom is -0.464 e. The van der Waals surface area contributed by atoms with E-state index < -0.39 is 0 Å². The van der Waals surface area contributed by atoms with Crippen LogP contribution in [-0.4, -0.2) is 27.4 Å². The Hall–Kier alpha value is -2.24. The zero-order valence-corrected chi connectivity index (χ0v) is 10.9. The molecular formula is C12H16N4O2. The Morgan fingerprint density at radius 1 is 1.39 bits per heavy atom. The van der Waals surface area contributed by atoms with Crippen LogP contribution in [-0.2, 0) is 18.8 Å². The van der Waals surface area contributed by atoms with E-state index >= 15 is 0 Å². The average Bonchev–Trinajstić information content (AvgIpc) is 2.82. The molecule has 0 fully saturated rings. The molecule has 0 saturated carbocycles. The topological polar surface area (TPSA) is 61.1 Å². The molecule has 1 N–H and O–H groups in total. The van der Waals surface area contributed by atoms with Crippen LogP contribution in [0.2, 0.25) is 0 Å². The fourth-order valence-electron chi connectivity index (χ4n) is 1.82. The number of hydrogen-bond donors (Lipinski definition) is 1. The van der Waals surface area contributed by atoms with Gasteiger partial charge in [-0.1, -0.05) is 0 Å². The minimum atomic E-state index is -0.355. The van der Waals surface area contributed by atoms with Crippen molar-refractivity contribution in [3.8, 4) is 0 Å². The molecule has 0 aromatic carbocycles. The number of aryl methyl sites for hydroxylation is 3. The van der Waals surface area contributed by atoms with Crippen molar-refractivity contribution in [3.63, 3.8) is 0 Å². The smallest absolute Gasteiger partial charge is 0.354 e. The lowest BCUT2D eigenvalue weighted by atomic mass is 10.4. The number of nitrogens with zero attached hydrogens (tertiary/aromatic N) is 3. The number of carbonyl (C=O) groups excluding carboxylic acids is 1. The third kappa shape index (κ3) is 2.22. The third-order valence-corrected chi connectivity index (χ3v) is 2.67. The first-order chi connectivity index (χ1) is 8.51. The normalized spacial score (nSPS) is 10.4. The molecule has 0 unspecified atom stereocenters. The van der Waals surface area contributed by atoms with Gasteiger partial charge in [0.05, 0.1) is 18.5 Å². The number of ether oxygens (including phenoxy) is 1. The number of carbonyl (C=O) groups is 1. The molecule has 0 aliphatic carbocycles. The van der Waals surface area contributed by atoms with Crippen molar-refractivity contribution in [3.05, 3.63) is 29.7 Å². The van der Waals surface area contributed by atoms with E-state index in [0.29, 0.717) is 5.69 Å². The Morgan fingerprint density at radius 3 is 2.67 bits per heavy atom. The van der Waals surface area contributed by atoms with Gasteiger partial charge in [0.15, 0.2) is 0 Å². The fourth-order valence-corrected chi connectivity index (χ4v) is 1.82. The first-order valence-corrected chi connectivity index (χ1v) is 5.53. The molecule has 96 valence electrons. The summed E-state index contributed by atoms with van der Waals surface area (Å²) in [5.74, 6) is 0.515. The number of aromatic nitrogens is 3. The lowest BCUT2D eigenvalue weighted by Crippen LogP contribution is -2.06. The largest absolute Gasteiger partial charge is 0.464 e. The SMILES string of the molecule is COC(=O)c1cc(Nc2cc(C)nn2C)cn1C. The molecule has 0 bridgehead atoms. The van der Waals surface area contributed by atoms with E-state index in [1.165, 1.54) is 7.11 Å². The second-order valence-electron chi connectivity index (χ2n) is 4.14. The van der Waals surface area contributed by atoms with Crippen molar-refractivity contribution in [1.82, 2.24) is 14.3 Å². The van der Waals surface area contributed by atoms with Crippen LogP contribution in [0.5, 0.6) is 0 Å². The summed E-state index contributed by atoms with van der Waals surface area (Å²) >= 11 is 0. The fraction of sp³-hybridized carbons (Fsp3) is 0.333. The first kappa shape index (κ1) is 12.2. The third-order valence-electron chi connectivity index (χ3n) is 2.67. The van der Waals surface area contributed by atoms with Crippen molar-refractivity contribution in [2.24, 2.45) is 14.1 Å². The van der Waals surface area contributed by atoms with Gasteiger partial charge in [0.1, 0.15) is 11.5 Å². The summed E-state index contributed by atoms with van der Waals surface area (Å²) in [4.78, 5) is 11.5. The van der Waals surface area contributed by atoms with E-state index in [4.69, 9.17) is 4.74 Å². The summed E-state index contributed by atoms with van der Waals surface area (Å²) in [6, 6.07) is 3.68. The molecule has 0 atom stereocenters. The maximum Gasteiger partial charge on any atom is 0.354 e. The first-order valence-electron chi connectivity index (χ1n) is 5.53. The zero-order valence-electron chi connectivity index (χ0n) is 10.9. The maximum atomic E-state index is 11.5. The highest BCUT2D eigenvalue weighted by atomic mass is 16.5. The summed E-state index contributed by atoms with van der Waals surface area (Å²) in [7, 11) is 5.03. The second-order valence-corrected chi connectivity index (χ2v) is 4.14. The number of nitrogens with one attached hydrogen (secondary N) is 1. The van der Waals surface area contributed by atoms with E-state index in [-0.39, 0.29) is 5.97 Å². The Balaban J connectivity index is 2.25. The number of anilines is 2. The molecule has 0 saturated heterocycles. The van der Waals surface area contributed by atoms with Gasteiger partial charge in [-0.05, 0) is 13.0 Å². The average molecular weight is 248 g/mol. The second kappa shape index (κ2) is 4.56. The molecule has 18 heavy (non-hydrogen) atoms. The Morgan fingerprint density at radius 2 is 2.11 bits per heavy atom. The summed E-state index contributed by atoms with van der Waals surface area (Å²) in [6.07, 6.45) is 1.83. The van der Waals surface area contributed by atoms with Crippen LogP contribution < -0.4 is 5.32 Å². The highest BCUT2D eigenvalue weighted by Crippen LogP contribution is 2.19. The van der Waals surface area contributed by atoms with Gasteiger partial charge in [-0.25, -0.2) is 4.79 Å². The quantitative estimate of drug-likeness (QED) is 0.838. The van der Waals surface area contributed by atoms with Crippen LogP contribution in [0.1, 0.15) is 16.2 Å². The molecule has 0 amide bonds. The molecule has 0 aliphatic rings.